The molecular formula is C10H11ClO3S. The van der Waals surface area contributed by atoms with Crippen molar-refractivity contribution in [2.45, 2.75) is 11.4 Å². The monoisotopic (exact) mass is 246 g/mol. The van der Waals surface area contributed by atoms with Crippen LogP contribution in [0, 0.1) is 0 Å². The van der Waals surface area contributed by atoms with E-state index >= 15 is 0 Å². The minimum Gasteiger partial charge on any atom is -0.493 e. The normalized spacial score (nSPS) is 24.5. The molecule has 15 heavy (non-hydrogen) atoms. The zero-order chi connectivity index (χ0) is 10.9. The van der Waals surface area contributed by atoms with Crippen LogP contribution in [0.25, 0.3) is 0 Å². The summed E-state index contributed by atoms with van der Waals surface area (Å²) in [7, 11) is 0. The summed E-state index contributed by atoms with van der Waals surface area (Å²) >= 11 is 6.94. The van der Waals surface area contributed by atoms with Gasteiger partial charge >= 0.3 is 0 Å². The van der Waals surface area contributed by atoms with Gasteiger partial charge in [0.15, 0.2) is 0 Å². The predicted octanol–water partition coefficient (Wildman–Crippen LogP) is 1.95. The topological polar surface area (TPSA) is 49.7 Å². The van der Waals surface area contributed by atoms with E-state index in [9.17, 15) is 5.11 Å². The first-order chi connectivity index (χ1) is 7.15. The number of rotatable bonds is 2. The molecule has 1 aromatic carbocycles. The van der Waals surface area contributed by atoms with Gasteiger partial charge in [-0.25, -0.2) is 0 Å². The molecular weight excluding hydrogens is 236 g/mol. The van der Waals surface area contributed by atoms with E-state index in [-0.39, 0.29) is 5.94 Å². The fourth-order valence-electron chi connectivity index (χ4n) is 1.62. The van der Waals surface area contributed by atoms with E-state index < -0.39 is 4.93 Å². The molecule has 82 valence electrons. The van der Waals surface area contributed by atoms with Gasteiger partial charge in [-0.2, -0.15) is 0 Å². The van der Waals surface area contributed by atoms with E-state index in [1.54, 1.807) is 18.2 Å². The molecule has 0 saturated heterocycles. The first-order valence-corrected chi connectivity index (χ1v) is 5.92. The van der Waals surface area contributed by atoms with Gasteiger partial charge in [0.25, 0.3) is 0 Å². The van der Waals surface area contributed by atoms with E-state index in [0.29, 0.717) is 29.4 Å². The van der Waals surface area contributed by atoms with Crippen LogP contribution in [0.5, 0.6) is 5.75 Å². The van der Waals surface area contributed by atoms with Crippen LogP contribution < -0.4 is 4.74 Å². The van der Waals surface area contributed by atoms with Gasteiger partial charge in [-0.3, -0.25) is 0 Å². The van der Waals surface area contributed by atoms with Gasteiger partial charge in [-0.05, 0) is 18.2 Å². The first-order valence-electron chi connectivity index (χ1n) is 4.56. The molecule has 0 saturated carbocycles. The Bertz CT molecular complexity index is 372. The number of hydrogen-bond acceptors (Lipinski definition) is 4. The molecule has 0 spiro atoms. The second kappa shape index (κ2) is 4.22. The highest BCUT2D eigenvalue weighted by Gasteiger charge is 2.36. The van der Waals surface area contributed by atoms with Gasteiger partial charge in [0.2, 0.25) is 0 Å². The predicted molar refractivity (Wildman–Crippen MR) is 60.1 cm³/mol. The van der Waals surface area contributed by atoms with Crippen LogP contribution in [-0.2, 0) is 4.93 Å². The number of aliphatic hydroxyl groups excluding tert-OH is 1. The fraction of sp³-hybridized carbons (Fsp3) is 0.400. The number of ether oxygens (including phenoxy) is 1. The summed E-state index contributed by atoms with van der Waals surface area (Å²) in [6.07, 6.45) is 0.450. The van der Waals surface area contributed by atoms with E-state index in [0.717, 1.165) is 11.8 Å². The average Bonchev–Trinajstić information content (AvgIpc) is 2.20. The molecule has 0 radical (unpaired) electrons. The molecule has 1 heterocycles. The Balaban J connectivity index is 2.44. The molecule has 5 heteroatoms. The smallest absolute Gasteiger partial charge is 0.145 e. The molecule has 0 aliphatic carbocycles. The summed E-state index contributed by atoms with van der Waals surface area (Å²) in [5.74, 6) is 0.497. The highest BCUT2D eigenvalue weighted by Crippen LogP contribution is 2.45. The first kappa shape index (κ1) is 11.1. The molecule has 0 amide bonds. The Morgan fingerprint density at radius 3 is 3.07 bits per heavy atom. The molecule has 1 unspecified atom stereocenters. The van der Waals surface area contributed by atoms with Gasteiger partial charge in [0, 0.05) is 17.0 Å². The maximum Gasteiger partial charge on any atom is 0.145 e. The van der Waals surface area contributed by atoms with Crippen molar-refractivity contribution in [2.75, 3.05) is 12.5 Å². The Kier molecular flexibility index (Phi) is 3.11. The number of halogens is 1. The lowest BCUT2D eigenvalue weighted by atomic mass is 10.0. The quantitative estimate of drug-likeness (QED) is 0.784. The number of fused-ring (bicyclic) bond motifs is 1. The Labute approximate surface area is 97.0 Å². The average molecular weight is 247 g/mol. The second-order valence-corrected chi connectivity index (χ2v) is 4.96. The number of benzene rings is 1. The summed E-state index contributed by atoms with van der Waals surface area (Å²) in [5, 5.41) is 19.8. The molecule has 1 atom stereocenters. The van der Waals surface area contributed by atoms with E-state index in [1.165, 1.54) is 0 Å². The molecule has 2 rings (SSSR count). The largest absolute Gasteiger partial charge is 0.493 e. The van der Waals surface area contributed by atoms with Crippen molar-refractivity contribution < 1.29 is 14.9 Å². The maximum absolute atomic E-state index is 10.3. The second-order valence-electron chi connectivity index (χ2n) is 3.30. The van der Waals surface area contributed by atoms with Crippen LogP contribution in [0.2, 0.25) is 5.02 Å². The summed E-state index contributed by atoms with van der Waals surface area (Å²) in [6.45, 7) is 0.443. The highest BCUT2D eigenvalue weighted by atomic mass is 35.5. The summed E-state index contributed by atoms with van der Waals surface area (Å²) < 4.78 is 5.41. The third-order valence-corrected chi connectivity index (χ3v) is 3.63. The maximum atomic E-state index is 10.3. The number of thioether (sulfide) groups is 1. The van der Waals surface area contributed by atoms with Crippen molar-refractivity contribution in [3.63, 3.8) is 0 Å². The summed E-state index contributed by atoms with van der Waals surface area (Å²) in [4.78, 5) is -1.09. The van der Waals surface area contributed by atoms with Crippen LogP contribution in [0.15, 0.2) is 18.2 Å². The molecule has 0 aromatic heterocycles. The highest BCUT2D eigenvalue weighted by molar-refractivity contribution is 7.99. The Hall–Kier alpha value is -0.420. The van der Waals surface area contributed by atoms with Crippen molar-refractivity contribution >= 4 is 23.4 Å². The van der Waals surface area contributed by atoms with Crippen LogP contribution >= 0.6 is 23.4 Å². The van der Waals surface area contributed by atoms with E-state index in [2.05, 4.69) is 0 Å². The molecule has 1 aliphatic heterocycles. The van der Waals surface area contributed by atoms with Crippen molar-refractivity contribution in [1.29, 1.82) is 0 Å². The van der Waals surface area contributed by atoms with Crippen molar-refractivity contribution in [1.82, 2.24) is 0 Å². The molecule has 3 nitrogen and oxygen atoms in total. The third kappa shape index (κ3) is 2.08. The fourth-order valence-corrected chi connectivity index (χ4v) is 2.55. The lowest BCUT2D eigenvalue weighted by Gasteiger charge is -2.33. The van der Waals surface area contributed by atoms with Crippen LogP contribution in [-0.4, -0.2) is 22.8 Å². The molecule has 0 fully saturated rings. The SMILES string of the molecule is OCSC1(O)CCOc2ccc(Cl)cc21. The molecule has 2 N–H and O–H groups in total. The minimum absolute atomic E-state index is 0.136. The van der Waals surface area contributed by atoms with Crippen molar-refractivity contribution in [2.24, 2.45) is 0 Å². The zero-order valence-electron chi connectivity index (χ0n) is 7.94. The lowest BCUT2D eigenvalue weighted by Crippen LogP contribution is -2.29. The van der Waals surface area contributed by atoms with Gasteiger partial charge in [-0.15, -0.1) is 0 Å². The van der Waals surface area contributed by atoms with Crippen LogP contribution in [0.4, 0.5) is 0 Å². The number of aliphatic hydroxyl groups is 2. The lowest BCUT2D eigenvalue weighted by molar-refractivity contribution is 0.0808. The summed E-state index contributed by atoms with van der Waals surface area (Å²) in [6, 6.07) is 5.13. The van der Waals surface area contributed by atoms with Gasteiger partial charge in [-0.1, -0.05) is 23.4 Å². The van der Waals surface area contributed by atoms with Gasteiger partial charge < -0.3 is 14.9 Å². The van der Waals surface area contributed by atoms with Crippen LogP contribution in [0.1, 0.15) is 12.0 Å². The van der Waals surface area contributed by atoms with Crippen molar-refractivity contribution in [3.8, 4) is 5.75 Å². The molecule has 1 aliphatic rings. The van der Waals surface area contributed by atoms with E-state index in [4.69, 9.17) is 21.4 Å². The van der Waals surface area contributed by atoms with E-state index in [1.807, 2.05) is 0 Å². The Morgan fingerprint density at radius 1 is 1.53 bits per heavy atom. The standard InChI is InChI=1S/C10H11ClO3S/c11-7-1-2-9-8(5-7)10(13,15-6-12)3-4-14-9/h1-2,5,12-13H,3-4,6H2. The van der Waals surface area contributed by atoms with Gasteiger partial charge in [0.1, 0.15) is 10.7 Å². The minimum atomic E-state index is -1.09. The van der Waals surface area contributed by atoms with Crippen molar-refractivity contribution in [3.05, 3.63) is 28.8 Å². The summed E-state index contributed by atoms with van der Waals surface area (Å²) in [5.41, 5.74) is 0.639. The molecule has 0 bridgehead atoms. The number of hydrogen-bond donors (Lipinski definition) is 2. The third-order valence-electron chi connectivity index (χ3n) is 2.36. The molecule has 1 aromatic rings. The van der Waals surface area contributed by atoms with Gasteiger partial charge in [0.05, 0.1) is 12.5 Å². The zero-order valence-corrected chi connectivity index (χ0v) is 9.51. The Morgan fingerprint density at radius 2 is 2.33 bits per heavy atom. The van der Waals surface area contributed by atoms with Crippen LogP contribution in [0.3, 0.4) is 0 Å².